The van der Waals surface area contributed by atoms with Crippen LogP contribution in [0, 0.1) is 13.8 Å². The molecule has 4 rings (SSSR count). The van der Waals surface area contributed by atoms with Gasteiger partial charge in [0.15, 0.2) is 11.5 Å². The van der Waals surface area contributed by atoms with Crippen molar-refractivity contribution in [2.75, 3.05) is 31.8 Å². The van der Waals surface area contributed by atoms with Gasteiger partial charge in [0.2, 0.25) is 12.7 Å². The summed E-state index contributed by atoms with van der Waals surface area (Å²) in [7, 11) is 0. The second-order valence-corrected chi connectivity index (χ2v) is 7.68. The molecule has 0 aromatic heterocycles. The fourth-order valence-corrected chi connectivity index (χ4v) is 3.72. The number of fused-ring (bicyclic) bond motifs is 1. The molecule has 2 aliphatic heterocycles. The van der Waals surface area contributed by atoms with Gasteiger partial charge in [0.1, 0.15) is 6.54 Å². The number of nitrogens with zero attached hydrogens (tertiary/aromatic N) is 1. The van der Waals surface area contributed by atoms with E-state index in [2.05, 4.69) is 5.32 Å². The van der Waals surface area contributed by atoms with Gasteiger partial charge in [-0.3, -0.25) is 9.59 Å². The van der Waals surface area contributed by atoms with Crippen LogP contribution in [-0.4, -0.2) is 49.3 Å². The zero-order valence-corrected chi connectivity index (χ0v) is 17.3. The van der Waals surface area contributed by atoms with E-state index in [0.717, 1.165) is 29.7 Å². The number of benzene rings is 2. The highest BCUT2D eigenvalue weighted by molar-refractivity contribution is 6.00. The number of hydrogen-bond acceptors (Lipinski definition) is 5. The van der Waals surface area contributed by atoms with Gasteiger partial charge in [0, 0.05) is 24.4 Å². The Balaban J connectivity index is 1.51. The second kappa shape index (κ2) is 8.75. The van der Waals surface area contributed by atoms with Gasteiger partial charge in [0.25, 0.3) is 5.91 Å². The van der Waals surface area contributed by atoms with Crippen LogP contribution in [0.2, 0.25) is 0 Å². The molecule has 0 radical (unpaired) electrons. The van der Waals surface area contributed by atoms with E-state index in [9.17, 15) is 9.59 Å². The molecule has 2 heterocycles. The van der Waals surface area contributed by atoms with E-state index in [1.807, 2.05) is 32.0 Å². The molecular weight excluding hydrogens is 384 g/mol. The lowest BCUT2D eigenvalue weighted by Gasteiger charge is -2.25. The maximum atomic E-state index is 13.2. The highest BCUT2D eigenvalue weighted by atomic mass is 16.7. The third kappa shape index (κ3) is 4.41. The van der Waals surface area contributed by atoms with Crippen LogP contribution < -0.4 is 14.8 Å². The number of anilines is 1. The minimum Gasteiger partial charge on any atom is -0.454 e. The summed E-state index contributed by atoms with van der Waals surface area (Å²) in [6.45, 7) is 5.11. The number of amides is 2. The van der Waals surface area contributed by atoms with E-state index in [4.69, 9.17) is 14.2 Å². The summed E-state index contributed by atoms with van der Waals surface area (Å²) in [6.07, 6.45) is 1.78. The zero-order chi connectivity index (χ0) is 21.1. The predicted molar refractivity (Wildman–Crippen MR) is 112 cm³/mol. The van der Waals surface area contributed by atoms with E-state index in [1.165, 1.54) is 0 Å². The molecule has 0 aliphatic carbocycles. The molecule has 1 atom stereocenters. The van der Waals surface area contributed by atoms with Gasteiger partial charge in [-0.1, -0.05) is 12.1 Å². The lowest BCUT2D eigenvalue weighted by atomic mass is 10.1. The average Bonchev–Trinajstić information content (AvgIpc) is 3.41. The standard InChI is InChI=1S/C23H26N2O5/c1-15-5-3-7-19(16(15)2)24-22(26)13-25(12-18-6-4-10-28-18)23(27)17-8-9-20-21(11-17)30-14-29-20/h3,5,7-9,11,18H,4,6,10,12-14H2,1-2H3,(H,24,26)/t18-/m0/s1. The van der Waals surface area contributed by atoms with Crippen molar-refractivity contribution in [1.82, 2.24) is 4.90 Å². The van der Waals surface area contributed by atoms with Crippen LogP contribution in [0.25, 0.3) is 0 Å². The predicted octanol–water partition coefficient (Wildman–Crippen LogP) is 3.29. The van der Waals surface area contributed by atoms with Gasteiger partial charge in [-0.2, -0.15) is 0 Å². The number of carbonyl (C=O) groups is 2. The first kappa shape index (κ1) is 20.2. The van der Waals surface area contributed by atoms with E-state index in [-0.39, 0.29) is 31.3 Å². The maximum absolute atomic E-state index is 13.2. The SMILES string of the molecule is Cc1cccc(NC(=O)CN(C[C@@H]2CCCO2)C(=O)c2ccc3c(c2)OCO3)c1C. The van der Waals surface area contributed by atoms with Gasteiger partial charge in [0.05, 0.1) is 6.10 Å². The molecule has 0 bridgehead atoms. The van der Waals surface area contributed by atoms with Crippen molar-refractivity contribution in [3.8, 4) is 11.5 Å². The maximum Gasteiger partial charge on any atom is 0.254 e. The Morgan fingerprint density at radius 3 is 2.77 bits per heavy atom. The molecule has 1 saturated heterocycles. The quantitative estimate of drug-likeness (QED) is 0.791. The van der Waals surface area contributed by atoms with Crippen LogP contribution in [0.15, 0.2) is 36.4 Å². The molecular formula is C23H26N2O5. The number of carbonyl (C=O) groups excluding carboxylic acids is 2. The third-order valence-corrected chi connectivity index (χ3v) is 5.57. The summed E-state index contributed by atoms with van der Waals surface area (Å²) in [6, 6.07) is 10.8. The number of rotatable bonds is 6. The largest absolute Gasteiger partial charge is 0.454 e. The molecule has 1 N–H and O–H groups in total. The normalized spacial score (nSPS) is 17.1. The van der Waals surface area contributed by atoms with Crippen LogP contribution in [0.1, 0.15) is 34.3 Å². The molecule has 2 aliphatic rings. The topological polar surface area (TPSA) is 77.1 Å². The molecule has 0 unspecified atom stereocenters. The second-order valence-electron chi connectivity index (χ2n) is 7.68. The molecule has 1 fully saturated rings. The third-order valence-electron chi connectivity index (χ3n) is 5.57. The first-order valence-electron chi connectivity index (χ1n) is 10.2. The molecule has 2 aromatic rings. The zero-order valence-electron chi connectivity index (χ0n) is 17.3. The molecule has 0 spiro atoms. The Bertz CT molecular complexity index is 953. The van der Waals surface area contributed by atoms with Crippen molar-refractivity contribution in [2.45, 2.75) is 32.8 Å². The first-order valence-corrected chi connectivity index (χ1v) is 10.2. The molecule has 158 valence electrons. The molecule has 7 nitrogen and oxygen atoms in total. The van der Waals surface area contributed by atoms with Gasteiger partial charge in [-0.15, -0.1) is 0 Å². The lowest BCUT2D eigenvalue weighted by molar-refractivity contribution is -0.117. The number of ether oxygens (including phenoxy) is 3. The summed E-state index contributed by atoms with van der Waals surface area (Å²) < 4.78 is 16.4. The van der Waals surface area contributed by atoms with Crippen molar-refractivity contribution < 1.29 is 23.8 Å². The molecule has 2 amide bonds. The van der Waals surface area contributed by atoms with Crippen LogP contribution >= 0.6 is 0 Å². The van der Waals surface area contributed by atoms with Crippen molar-refractivity contribution in [2.24, 2.45) is 0 Å². The number of nitrogens with one attached hydrogen (secondary N) is 1. The molecule has 7 heteroatoms. The molecule has 2 aromatic carbocycles. The van der Waals surface area contributed by atoms with Crippen LogP contribution in [0.3, 0.4) is 0 Å². The first-order chi connectivity index (χ1) is 14.5. The Morgan fingerprint density at radius 2 is 1.97 bits per heavy atom. The fraction of sp³-hybridized carbons (Fsp3) is 0.391. The van der Waals surface area contributed by atoms with Gasteiger partial charge < -0.3 is 24.4 Å². The van der Waals surface area contributed by atoms with Crippen molar-refractivity contribution in [3.05, 3.63) is 53.1 Å². The molecule has 0 saturated carbocycles. The van der Waals surface area contributed by atoms with Crippen LogP contribution in [-0.2, 0) is 9.53 Å². The minimum absolute atomic E-state index is 0.0550. The summed E-state index contributed by atoms with van der Waals surface area (Å²) in [4.78, 5) is 27.6. The highest BCUT2D eigenvalue weighted by Gasteiger charge is 2.26. The van der Waals surface area contributed by atoms with Crippen LogP contribution in [0.4, 0.5) is 5.69 Å². The Hall–Kier alpha value is -3.06. The van der Waals surface area contributed by atoms with Gasteiger partial charge in [-0.25, -0.2) is 0 Å². The Labute approximate surface area is 175 Å². The fourth-order valence-electron chi connectivity index (χ4n) is 3.72. The smallest absolute Gasteiger partial charge is 0.254 e. The van der Waals surface area contributed by atoms with Crippen molar-refractivity contribution >= 4 is 17.5 Å². The number of aryl methyl sites for hydroxylation is 1. The highest BCUT2D eigenvalue weighted by Crippen LogP contribution is 2.33. The average molecular weight is 410 g/mol. The minimum atomic E-state index is -0.240. The van der Waals surface area contributed by atoms with Crippen molar-refractivity contribution in [1.29, 1.82) is 0 Å². The van der Waals surface area contributed by atoms with E-state index >= 15 is 0 Å². The van der Waals surface area contributed by atoms with Gasteiger partial charge >= 0.3 is 0 Å². The Kier molecular flexibility index (Phi) is 5.90. The summed E-state index contributed by atoms with van der Waals surface area (Å²) in [5.74, 6) is 0.679. The van der Waals surface area contributed by atoms with E-state index in [0.29, 0.717) is 30.2 Å². The summed E-state index contributed by atoms with van der Waals surface area (Å²) in [5, 5.41) is 2.94. The number of hydrogen-bond donors (Lipinski definition) is 1. The lowest BCUT2D eigenvalue weighted by Crippen LogP contribution is -2.42. The van der Waals surface area contributed by atoms with Crippen molar-refractivity contribution in [3.63, 3.8) is 0 Å². The molecule has 30 heavy (non-hydrogen) atoms. The Morgan fingerprint density at radius 1 is 1.13 bits per heavy atom. The summed E-state index contributed by atoms with van der Waals surface area (Å²) >= 11 is 0. The monoisotopic (exact) mass is 410 g/mol. The van der Waals surface area contributed by atoms with E-state index in [1.54, 1.807) is 23.1 Å². The van der Waals surface area contributed by atoms with Gasteiger partial charge in [-0.05, 0) is 62.1 Å². The van der Waals surface area contributed by atoms with Crippen LogP contribution in [0.5, 0.6) is 11.5 Å². The summed E-state index contributed by atoms with van der Waals surface area (Å²) in [5.41, 5.74) is 3.32. The van der Waals surface area contributed by atoms with E-state index < -0.39 is 0 Å².